The fourth-order valence-electron chi connectivity index (χ4n) is 3.83. The second-order valence-corrected chi connectivity index (χ2v) is 6.82. The van der Waals surface area contributed by atoms with Gasteiger partial charge in [-0.05, 0) is 44.8 Å². The minimum atomic E-state index is -0.309. The van der Waals surface area contributed by atoms with Gasteiger partial charge in [0.25, 0.3) is 0 Å². The van der Waals surface area contributed by atoms with Crippen molar-refractivity contribution in [2.75, 3.05) is 13.1 Å². The second-order valence-electron chi connectivity index (χ2n) is 6.82. The molecule has 4 nitrogen and oxygen atoms in total. The Labute approximate surface area is 144 Å². The minimum Gasteiger partial charge on any atom is -0.334 e. The lowest BCUT2D eigenvalue weighted by atomic mass is 9.70. The van der Waals surface area contributed by atoms with E-state index in [9.17, 15) is 4.79 Å². The largest absolute Gasteiger partial charge is 0.334 e. The molecule has 1 aromatic heterocycles. The quantitative estimate of drug-likeness (QED) is 0.817. The number of rotatable bonds is 6. The first-order valence-corrected chi connectivity index (χ1v) is 8.94. The van der Waals surface area contributed by atoms with E-state index in [0.29, 0.717) is 5.78 Å². The predicted octanol–water partition coefficient (Wildman–Crippen LogP) is 3.42. The van der Waals surface area contributed by atoms with E-state index in [2.05, 4.69) is 39.7 Å². The number of Topliss-reactive ketones (excluding diaryl/α,β-unsaturated/α-hetero) is 1. The van der Waals surface area contributed by atoms with Gasteiger partial charge in [-0.15, -0.1) is 0 Å². The van der Waals surface area contributed by atoms with Crippen molar-refractivity contribution in [1.29, 1.82) is 0 Å². The molecular weight excluding hydrogens is 298 g/mol. The van der Waals surface area contributed by atoms with Crippen molar-refractivity contribution in [3.8, 4) is 0 Å². The van der Waals surface area contributed by atoms with Crippen LogP contribution < -0.4 is 0 Å². The van der Waals surface area contributed by atoms with E-state index in [0.717, 1.165) is 51.3 Å². The number of likely N-dealkylation sites (tertiary alicyclic amines) is 1. The summed E-state index contributed by atoms with van der Waals surface area (Å²) in [5.74, 6) is 1.42. The van der Waals surface area contributed by atoms with Crippen LogP contribution in [-0.4, -0.2) is 33.3 Å². The van der Waals surface area contributed by atoms with Gasteiger partial charge in [0.15, 0.2) is 0 Å². The number of aromatic nitrogens is 2. The van der Waals surface area contributed by atoms with Crippen LogP contribution in [0.5, 0.6) is 0 Å². The normalized spacial score (nSPS) is 17.8. The number of imidazole rings is 1. The summed E-state index contributed by atoms with van der Waals surface area (Å²) >= 11 is 0. The van der Waals surface area contributed by atoms with Crippen molar-refractivity contribution in [3.05, 3.63) is 54.1 Å². The van der Waals surface area contributed by atoms with Gasteiger partial charge in [-0.25, -0.2) is 4.98 Å². The summed E-state index contributed by atoms with van der Waals surface area (Å²) in [5.41, 5.74) is 0.862. The lowest BCUT2D eigenvalue weighted by molar-refractivity contribution is -0.124. The monoisotopic (exact) mass is 325 g/mol. The van der Waals surface area contributed by atoms with Gasteiger partial charge < -0.3 is 4.57 Å². The van der Waals surface area contributed by atoms with E-state index < -0.39 is 0 Å². The van der Waals surface area contributed by atoms with Crippen molar-refractivity contribution < 1.29 is 4.79 Å². The molecule has 128 valence electrons. The van der Waals surface area contributed by atoms with E-state index in [1.807, 2.05) is 24.4 Å². The molecule has 24 heavy (non-hydrogen) atoms. The maximum atomic E-state index is 12.4. The molecule has 0 spiro atoms. The Morgan fingerprint density at radius 3 is 2.54 bits per heavy atom. The van der Waals surface area contributed by atoms with Crippen LogP contribution in [0.3, 0.4) is 0 Å². The molecule has 1 saturated heterocycles. The third kappa shape index (κ3) is 3.29. The molecule has 0 radical (unpaired) electrons. The minimum absolute atomic E-state index is 0.292. The third-order valence-electron chi connectivity index (χ3n) is 5.34. The van der Waals surface area contributed by atoms with Crippen molar-refractivity contribution >= 4 is 5.78 Å². The molecule has 1 aliphatic heterocycles. The zero-order valence-corrected chi connectivity index (χ0v) is 14.7. The molecular formula is C20H27N3O. The highest BCUT2D eigenvalue weighted by Crippen LogP contribution is 2.36. The van der Waals surface area contributed by atoms with Crippen LogP contribution >= 0.6 is 0 Å². The zero-order chi connectivity index (χ0) is 17.0. The number of hydrogen-bond donors (Lipinski definition) is 0. The molecule has 3 rings (SSSR count). The van der Waals surface area contributed by atoms with E-state index in [1.165, 1.54) is 5.56 Å². The molecule has 0 atom stereocenters. The Balaban J connectivity index is 1.70. The summed E-state index contributed by atoms with van der Waals surface area (Å²) in [5, 5.41) is 0. The standard InChI is InChI=1S/C20H27N3O/c1-3-12-23-15-11-21-19(23)16-22-13-9-20(10-14-22,17(2)24)18-7-5-4-6-8-18/h4-8,11,15H,3,9-10,12-14,16H2,1-2H3. The van der Waals surface area contributed by atoms with Gasteiger partial charge in [0.1, 0.15) is 11.6 Å². The molecule has 1 fully saturated rings. The van der Waals surface area contributed by atoms with E-state index in [4.69, 9.17) is 0 Å². The van der Waals surface area contributed by atoms with Gasteiger partial charge in [-0.1, -0.05) is 37.3 Å². The van der Waals surface area contributed by atoms with Crippen LogP contribution in [0.1, 0.15) is 44.5 Å². The van der Waals surface area contributed by atoms with Crippen LogP contribution in [0, 0.1) is 0 Å². The zero-order valence-electron chi connectivity index (χ0n) is 14.7. The van der Waals surface area contributed by atoms with Gasteiger partial charge in [0.05, 0.1) is 12.0 Å². The van der Waals surface area contributed by atoms with Crippen LogP contribution in [0.15, 0.2) is 42.7 Å². The number of benzene rings is 1. The molecule has 4 heteroatoms. The van der Waals surface area contributed by atoms with Crippen molar-refractivity contribution in [1.82, 2.24) is 14.5 Å². The summed E-state index contributed by atoms with van der Waals surface area (Å²) in [4.78, 5) is 19.4. The summed E-state index contributed by atoms with van der Waals surface area (Å²) < 4.78 is 2.24. The number of aryl methyl sites for hydroxylation is 1. The maximum Gasteiger partial charge on any atom is 0.140 e. The fraction of sp³-hybridized carbons (Fsp3) is 0.500. The summed E-state index contributed by atoms with van der Waals surface area (Å²) in [6, 6.07) is 10.3. The van der Waals surface area contributed by atoms with Crippen molar-refractivity contribution in [2.24, 2.45) is 0 Å². The molecule has 0 aliphatic carbocycles. The highest BCUT2D eigenvalue weighted by molar-refractivity contribution is 5.88. The predicted molar refractivity (Wildman–Crippen MR) is 95.8 cm³/mol. The molecule has 0 bridgehead atoms. The lowest BCUT2D eigenvalue weighted by Crippen LogP contribution is -2.46. The molecule has 2 heterocycles. The fourth-order valence-corrected chi connectivity index (χ4v) is 3.83. The van der Waals surface area contributed by atoms with Gasteiger partial charge in [-0.2, -0.15) is 0 Å². The van der Waals surface area contributed by atoms with Gasteiger partial charge in [0, 0.05) is 18.9 Å². The number of hydrogen-bond acceptors (Lipinski definition) is 3. The summed E-state index contributed by atoms with van der Waals surface area (Å²) in [7, 11) is 0. The van der Waals surface area contributed by atoms with Crippen LogP contribution in [0.25, 0.3) is 0 Å². The number of nitrogens with zero attached hydrogens (tertiary/aromatic N) is 3. The Morgan fingerprint density at radius 1 is 1.21 bits per heavy atom. The molecule has 1 aromatic carbocycles. The number of carbonyl (C=O) groups is 1. The first-order chi connectivity index (χ1) is 11.7. The van der Waals surface area contributed by atoms with Gasteiger partial charge in [-0.3, -0.25) is 9.69 Å². The van der Waals surface area contributed by atoms with Gasteiger partial charge >= 0.3 is 0 Å². The molecule has 0 amide bonds. The third-order valence-corrected chi connectivity index (χ3v) is 5.34. The topological polar surface area (TPSA) is 38.1 Å². The highest BCUT2D eigenvalue weighted by Gasteiger charge is 2.40. The van der Waals surface area contributed by atoms with Gasteiger partial charge in [0.2, 0.25) is 0 Å². The van der Waals surface area contributed by atoms with Crippen molar-refractivity contribution in [3.63, 3.8) is 0 Å². The van der Waals surface area contributed by atoms with E-state index in [-0.39, 0.29) is 5.41 Å². The number of ketones is 1. The smallest absolute Gasteiger partial charge is 0.140 e. The highest BCUT2D eigenvalue weighted by atomic mass is 16.1. The lowest BCUT2D eigenvalue weighted by Gasteiger charge is -2.40. The molecule has 2 aromatic rings. The molecule has 0 N–H and O–H groups in total. The SMILES string of the molecule is CCCn1ccnc1CN1CCC(C(C)=O)(c2ccccc2)CC1. The molecule has 0 saturated carbocycles. The maximum absolute atomic E-state index is 12.4. The Kier molecular flexibility index (Phi) is 5.14. The van der Waals surface area contributed by atoms with Crippen LogP contribution in [0.2, 0.25) is 0 Å². The molecule has 1 aliphatic rings. The molecule has 0 unspecified atom stereocenters. The number of carbonyl (C=O) groups excluding carboxylic acids is 1. The second kappa shape index (κ2) is 7.31. The Hall–Kier alpha value is -1.94. The first kappa shape index (κ1) is 16.9. The average molecular weight is 325 g/mol. The van der Waals surface area contributed by atoms with E-state index in [1.54, 1.807) is 6.92 Å². The van der Waals surface area contributed by atoms with Crippen LogP contribution in [0.4, 0.5) is 0 Å². The Bertz CT molecular complexity index is 669. The van der Waals surface area contributed by atoms with E-state index >= 15 is 0 Å². The Morgan fingerprint density at radius 2 is 1.92 bits per heavy atom. The first-order valence-electron chi connectivity index (χ1n) is 8.94. The average Bonchev–Trinajstić information content (AvgIpc) is 3.03. The number of piperidine rings is 1. The summed E-state index contributed by atoms with van der Waals surface area (Å²) in [6.45, 7) is 7.70. The van der Waals surface area contributed by atoms with Crippen LogP contribution in [-0.2, 0) is 23.3 Å². The summed E-state index contributed by atoms with van der Waals surface area (Å²) in [6.07, 6.45) is 6.85. The van der Waals surface area contributed by atoms with Crippen molar-refractivity contribution in [2.45, 2.75) is 51.6 Å².